The quantitative estimate of drug-likeness (QED) is 0.371. The SMILES string of the molecule is CCc1c(C)nc(-n2nc(-c3ccco3)cc2NC(=O)CC2CSc3nc4c(c(=O)n32)CCC4)[nH]c1=O. The molecule has 0 bridgehead atoms. The maximum absolute atomic E-state index is 13.2. The van der Waals surface area contributed by atoms with Crippen molar-refractivity contribution in [3.63, 3.8) is 0 Å². The van der Waals surface area contributed by atoms with E-state index >= 15 is 0 Å². The van der Waals surface area contributed by atoms with E-state index in [9.17, 15) is 14.4 Å². The molecule has 0 saturated carbocycles. The van der Waals surface area contributed by atoms with Crippen LogP contribution in [0.25, 0.3) is 17.4 Å². The van der Waals surface area contributed by atoms with Crippen molar-refractivity contribution >= 4 is 23.5 Å². The number of anilines is 1. The van der Waals surface area contributed by atoms with Crippen LogP contribution in [0.15, 0.2) is 43.6 Å². The minimum atomic E-state index is -0.296. The van der Waals surface area contributed by atoms with Crippen molar-refractivity contribution in [3.8, 4) is 17.4 Å². The number of nitrogens with zero attached hydrogens (tertiary/aromatic N) is 5. The molecule has 190 valence electrons. The Morgan fingerprint density at radius 3 is 2.92 bits per heavy atom. The third-order valence-electron chi connectivity index (χ3n) is 6.81. The second-order valence-corrected chi connectivity index (χ2v) is 10.2. The highest BCUT2D eigenvalue weighted by molar-refractivity contribution is 7.99. The summed E-state index contributed by atoms with van der Waals surface area (Å²) in [6.07, 6.45) is 4.69. The summed E-state index contributed by atoms with van der Waals surface area (Å²) in [5.41, 5.74) is 3.05. The second-order valence-electron chi connectivity index (χ2n) is 9.18. The smallest absolute Gasteiger partial charge is 0.257 e. The van der Waals surface area contributed by atoms with Crippen LogP contribution in [0.5, 0.6) is 0 Å². The minimum absolute atomic E-state index is 0.0290. The fourth-order valence-electron chi connectivity index (χ4n) is 5.00. The first-order valence-corrected chi connectivity index (χ1v) is 13.2. The molecule has 1 aliphatic carbocycles. The standard InChI is InChI=1S/C25H25N7O4S/c1-3-15-13(2)26-24(29-22(15)34)32-20(11-18(30-32)19-8-5-9-36-19)28-21(33)10-14-12-37-25-27-17-7-4-6-16(17)23(35)31(14)25/h5,8-9,11,14H,3-4,6-7,10,12H2,1-2H3,(H,28,33)(H,26,29,34). The lowest BCUT2D eigenvalue weighted by Gasteiger charge is -2.15. The Morgan fingerprint density at radius 1 is 1.30 bits per heavy atom. The molecule has 0 radical (unpaired) electrons. The van der Waals surface area contributed by atoms with Crippen LogP contribution in [0.1, 0.15) is 48.3 Å². The number of aromatic nitrogens is 6. The maximum Gasteiger partial charge on any atom is 0.257 e. The van der Waals surface area contributed by atoms with E-state index in [4.69, 9.17) is 4.42 Å². The maximum atomic E-state index is 13.2. The predicted octanol–water partition coefficient (Wildman–Crippen LogP) is 2.81. The molecular formula is C25H25N7O4S. The molecule has 11 nitrogen and oxygen atoms in total. The summed E-state index contributed by atoms with van der Waals surface area (Å²) in [6.45, 7) is 3.66. The van der Waals surface area contributed by atoms with E-state index in [1.165, 1.54) is 22.7 Å². The third-order valence-corrected chi connectivity index (χ3v) is 7.91. The van der Waals surface area contributed by atoms with Gasteiger partial charge in [-0.1, -0.05) is 18.7 Å². The molecule has 4 aromatic rings. The largest absolute Gasteiger partial charge is 0.463 e. The molecular weight excluding hydrogens is 494 g/mol. The first-order chi connectivity index (χ1) is 17.9. The summed E-state index contributed by atoms with van der Waals surface area (Å²) in [5, 5.41) is 8.12. The number of nitrogens with one attached hydrogen (secondary N) is 2. The van der Waals surface area contributed by atoms with Crippen LogP contribution in [-0.4, -0.2) is 41.0 Å². The molecule has 1 unspecified atom stereocenters. The summed E-state index contributed by atoms with van der Waals surface area (Å²) in [6, 6.07) is 4.86. The van der Waals surface area contributed by atoms with Gasteiger partial charge in [0.15, 0.2) is 10.9 Å². The van der Waals surface area contributed by atoms with Crippen molar-refractivity contribution in [3.05, 3.63) is 67.7 Å². The van der Waals surface area contributed by atoms with Gasteiger partial charge in [-0.05, 0) is 44.7 Å². The Morgan fingerprint density at radius 2 is 2.16 bits per heavy atom. The number of H-pyrrole nitrogens is 1. The highest BCUT2D eigenvalue weighted by Gasteiger charge is 2.31. The Bertz CT molecular complexity index is 1630. The van der Waals surface area contributed by atoms with E-state index in [2.05, 4.69) is 25.4 Å². The van der Waals surface area contributed by atoms with Gasteiger partial charge in [-0.15, -0.1) is 0 Å². The molecule has 1 amide bonds. The van der Waals surface area contributed by atoms with E-state index in [0.29, 0.717) is 45.9 Å². The van der Waals surface area contributed by atoms with E-state index in [-0.39, 0.29) is 35.4 Å². The molecule has 0 fully saturated rings. The van der Waals surface area contributed by atoms with Gasteiger partial charge < -0.3 is 9.73 Å². The number of aromatic amines is 1. The lowest BCUT2D eigenvalue weighted by Crippen LogP contribution is -2.30. The van der Waals surface area contributed by atoms with Gasteiger partial charge in [0.2, 0.25) is 11.9 Å². The van der Waals surface area contributed by atoms with E-state index in [1.807, 2.05) is 6.92 Å². The average molecular weight is 520 g/mol. The molecule has 2 aliphatic rings. The number of carbonyl (C=O) groups is 1. The fraction of sp³-hybridized carbons (Fsp3) is 0.360. The van der Waals surface area contributed by atoms with Crippen LogP contribution in [0.4, 0.5) is 5.82 Å². The van der Waals surface area contributed by atoms with Crippen LogP contribution in [-0.2, 0) is 24.1 Å². The summed E-state index contributed by atoms with van der Waals surface area (Å²) < 4.78 is 8.54. The number of furan rings is 1. The molecule has 37 heavy (non-hydrogen) atoms. The Balaban J connectivity index is 1.31. The van der Waals surface area contributed by atoms with Gasteiger partial charge in [-0.25, -0.2) is 9.97 Å². The summed E-state index contributed by atoms with van der Waals surface area (Å²) in [7, 11) is 0. The lowest BCUT2D eigenvalue weighted by atomic mass is 10.2. The van der Waals surface area contributed by atoms with Gasteiger partial charge >= 0.3 is 0 Å². The van der Waals surface area contributed by atoms with Crippen molar-refractivity contribution in [1.29, 1.82) is 0 Å². The summed E-state index contributed by atoms with van der Waals surface area (Å²) in [5.74, 6) is 1.33. The molecule has 2 N–H and O–H groups in total. The number of carbonyl (C=O) groups excluding carboxylic acids is 1. The van der Waals surface area contributed by atoms with Crippen molar-refractivity contribution in [2.75, 3.05) is 11.1 Å². The van der Waals surface area contributed by atoms with Gasteiger partial charge in [0.1, 0.15) is 11.5 Å². The zero-order valence-corrected chi connectivity index (χ0v) is 21.2. The number of rotatable bonds is 6. The van der Waals surface area contributed by atoms with Gasteiger partial charge in [-0.2, -0.15) is 9.78 Å². The van der Waals surface area contributed by atoms with Gasteiger partial charge in [0.25, 0.3) is 11.1 Å². The van der Waals surface area contributed by atoms with E-state index in [1.54, 1.807) is 29.7 Å². The molecule has 5 heterocycles. The number of amides is 1. The van der Waals surface area contributed by atoms with Gasteiger partial charge in [0.05, 0.1) is 18.0 Å². The van der Waals surface area contributed by atoms with Crippen LogP contribution in [0, 0.1) is 6.92 Å². The van der Waals surface area contributed by atoms with Crippen LogP contribution in [0.3, 0.4) is 0 Å². The first-order valence-electron chi connectivity index (χ1n) is 12.2. The number of hydrogen-bond acceptors (Lipinski definition) is 8. The molecule has 1 aliphatic heterocycles. The van der Waals surface area contributed by atoms with E-state index < -0.39 is 0 Å². The highest BCUT2D eigenvalue weighted by Crippen LogP contribution is 2.34. The summed E-state index contributed by atoms with van der Waals surface area (Å²) >= 11 is 1.51. The number of fused-ring (bicyclic) bond motifs is 2. The normalized spacial score (nSPS) is 16.1. The van der Waals surface area contributed by atoms with Crippen LogP contribution < -0.4 is 16.4 Å². The topological polar surface area (TPSA) is 141 Å². The number of aryl methyl sites for hydroxylation is 2. The van der Waals surface area contributed by atoms with Crippen LogP contribution in [0.2, 0.25) is 0 Å². The monoisotopic (exact) mass is 519 g/mol. The van der Waals surface area contributed by atoms with Crippen molar-refractivity contribution in [2.45, 2.75) is 57.1 Å². The molecule has 12 heteroatoms. The van der Waals surface area contributed by atoms with Crippen molar-refractivity contribution < 1.29 is 9.21 Å². The van der Waals surface area contributed by atoms with Gasteiger partial charge in [0, 0.05) is 35.1 Å². The minimum Gasteiger partial charge on any atom is -0.463 e. The molecule has 6 rings (SSSR count). The highest BCUT2D eigenvalue weighted by atomic mass is 32.2. The van der Waals surface area contributed by atoms with Crippen molar-refractivity contribution in [2.24, 2.45) is 0 Å². The van der Waals surface area contributed by atoms with Crippen LogP contribution >= 0.6 is 11.8 Å². The van der Waals surface area contributed by atoms with E-state index in [0.717, 1.165) is 30.5 Å². The molecule has 0 spiro atoms. The first kappa shape index (κ1) is 23.5. The van der Waals surface area contributed by atoms with Crippen molar-refractivity contribution in [1.82, 2.24) is 29.3 Å². The Hall–Kier alpha value is -3.93. The second kappa shape index (κ2) is 9.18. The zero-order chi connectivity index (χ0) is 25.7. The third kappa shape index (κ3) is 4.10. The average Bonchev–Trinajstić information content (AvgIpc) is 3.66. The summed E-state index contributed by atoms with van der Waals surface area (Å²) in [4.78, 5) is 50.9. The lowest BCUT2D eigenvalue weighted by molar-refractivity contribution is -0.116. The molecule has 0 aromatic carbocycles. The van der Waals surface area contributed by atoms with Gasteiger partial charge in [-0.3, -0.25) is 23.9 Å². The Labute approximate surface area is 215 Å². The predicted molar refractivity (Wildman–Crippen MR) is 137 cm³/mol. The molecule has 0 saturated heterocycles. The fourth-order valence-corrected chi connectivity index (χ4v) is 6.15. The number of hydrogen-bond donors (Lipinski definition) is 2. The molecule has 4 aromatic heterocycles. The zero-order valence-electron chi connectivity index (χ0n) is 20.4. The molecule has 1 atom stereocenters. The number of thioether (sulfide) groups is 1. The Kier molecular flexibility index (Phi) is 5.82.